The van der Waals surface area contributed by atoms with Crippen molar-refractivity contribution in [3.63, 3.8) is 0 Å². The maximum Gasteiger partial charge on any atom is 0.0641 e. The van der Waals surface area contributed by atoms with E-state index in [0.29, 0.717) is 6.04 Å². The van der Waals surface area contributed by atoms with E-state index < -0.39 is 0 Å². The van der Waals surface area contributed by atoms with Crippen molar-refractivity contribution in [2.45, 2.75) is 44.9 Å². The Hall–Kier alpha value is 0.1000. The van der Waals surface area contributed by atoms with Crippen LogP contribution < -0.4 is 5.32 Å². The van der Waals surface area contributed by atoms with Crippen molar-refractivity contribution in [1.29, 1.82) is 0 Å². The summed E-state index contributed by atoms with van der Waals surface area (Å²) in [5, 5.41) is 3.62. The van der Waals surface area contributed by atoms with Gasteiger partial charge in [-0.15, -0.1) is 0 Å². The zero-order valence-electron chi connectivity index (χ0n) is 10.8. The first-order chi connectivity index (χ1) is 8.46. The molecule has 0 saturated carbocycles. The fourth-order valence-corrected chi connectivity index (χ4v) is 2.99. The molecular weight excluding hydrogens is 358 g/mol. The van der Waals surface area contributed by atoms with Gasteiger partial charge in [0.15, 0.2) is 0 Å². The summed E-state index contributed by atoms with van der Waals surface area (Å²) >= 11 is 7.02. The van der Waals surface area contributed by atoms with E-state index in [4.69, 9.17) is 4.74 Å². The molecule has 2 rings (SSSR count). The molecule has 1 N–H and O–H groups in total. The molecule has 0 radical (unpaired) electrons. The Labute approximate surface area is 126 Å². The van der Waals surface area contributed by atoms with E-state index in [1.807, 2.05) is 0 Å². The normalized spacial score (nSPS) is 23.0. The average molecular weight is 377 g/mol. The fraction of sp³-hybridized carbons (Fsp3) is 0.571. The van der Waals surface area contributed by atoms with Crippen LogP contribution in [0.3, 0.4) is 0 Å². The summed E-state index contributed by atoms with van der Waals surface area (Å²) in [6.45, 7) is 6.09. The van der Waals surface area contributed by atoms with E-state index in [-0.39, 0.29) is 5.60 Å². The van der Waals surface area contributed by atoms with Gasteiger partial charge < -0.3 is 10.1 Å². The van der Waals surface area contributed by atoms with Gasteiger partial charge in [0.05, 0.1) is 5.60 Å². The molecule has 18 heavy (non-hydrogen) atoms. The summed E-state index contributed by atoms with van der Waals surface area (Å²) in [5.41, 5.74) is 1.31. The van der Waals surface area contributed by atoms with Crippen LogP contribution in [0.2, 0.25) is 0 Å². The highest BCUT2D eigenvalue weighted by atomic mass is 79.9. The monoisotopic (exact) mass is 375 g/mol. The van der Waals surface area contributed by atoms with Gasteiger partial charge in [0, 0.05) is 28.1 Å². The van der Waals surface area contributed by atoms with Crippen LogP contribution in [0.1, 0.15) is 32.3 Å². The van der Waals surface area contributed by atoms with Gasteiger partial charge in [-0.3, -0.25) is 0 Å². The molecule has 0 aliphatic carbocycles. The lowest BCUT2D eigenvalue weighted by atomic mass is 9.94. The highest BCUT2D eigenvalue weighted by molar-refractivity contribution is 9.13. The summed E-state index contributed by atoms with van der Waals surface area (Å²) < 4.78 is 7.93. The molecule has 1 aliphatic rings. The third kappa shape index (κ3) is 4.05. The number of rotatable bonds is 3. The summed E-state index contributed by atoms with van der Waals surface area (Å²) in [6, 6.07) is 6.93. The van der Waals surface area contributed by atoms with Gasteiger partial charge in [-0.05, 0) is 76.2 Å². The Bertz CT molecular complexity index is 420. The second-order valence-electron chi connectivity index (χ2n) is 5.43. The van der Waals surface area contributed by atoms with E-state index >= 15 is 0 Å². The minimum Gasteiger partial charge on any atom is -0.375 e. The van der Waals surface area contributed by atoms with Gasteiger partial charge in [-0.2, -0.15) is 0 Å². The fourth-order valence-electron chi connectivity index (χ4n) is 2.32. The second-order valence-corrected chi connectivity index (χ2v) is 7.14. The van der Waals surface area contributed by atoms with Crippen LogP contribution in [0, 0.1) is 0 Å². The van der Waals surface area contributed by atoms with Crippen LogP contribution in [0.5, 0.6) is 0 Å². The zero-order chi connectivity index (χ0) is 13.2. The zero-order valence-corrected chi connectivity index (χ0v) is 14.0. The van der Waals surface area contributed by atoms with Crippen molar-refractivity contribution >= 4 is 31.9 Å². The van der Waals surface area contributed by atoms with Crippen molar-refractivity contribution in [2.24, 2.45) is 0 Å². The summed E-state index contributed by atoms with van der Waals surface area (Å²) in [7, 11) is 0. The van der Waals surface area contributed by atoms with Gasteiger partial charge in [-0.1, -0.05) is 6.07 Å². The van der Waals surface area contributed by atoms with Crippen molar-refractivity contribution in [3.05, 3.63) is 32.7 Å². The lowest BCUT2D eigenvalue weighted by Crippen LogP contribution is -2.43. The average Bonchev–Trinajstić information content (AvgIpc) is 2.29. The molecule has 1 aliphatic heterocycles. The van der Waals surface area contributed by atoms with E-state index in [9.17, 15) is 0 Å². The maximum absolute atomic E-state index is 5.73. The number of halogens is 2. The summed E-state index contributed by atoms with van der Waals surface area (Å²) in [6.07, 6.45) is 2.17. The Balaban J connectivity index is 1.89. The molecule has 0 aromatic heterocycles. The minimum atomic E-state index is 0.0101. The van der Waals surface area contributed by atoms with Crippen LogP contribution in [-0.4, -0.2) is 18.2 Å². The van der Waals surface area contributed by atoms with Crippen LogP contribution >= 0.6 is 31.9 Å². The summed E-state index contributed by atoms with van der Waals surface area (Å²) in [5.74, 6) is 0. The van der Waals surface area contributed by atoms with Crippen molar-refractivity contribution in [3.8, 4) is 0 Å². The molecule has 1 aromatic rings. The third-order valence-electron chi connectivity index (χ3n) is 3.28. The van der Waals surface area contributed by atoms with Gasteiger partial charge in [0.25, 0.3) is 0 Å². The van der Waals surface area contributed by atoms with E-state index in [1.165, 1.54) is 5.56 Å². The van der Waals surface area contributed by atoms with Crippen molar-refractivity contribution < 1.29 is 4.74 Å². The molecule has 0 bridgehead atoms. The topological polar surface area (TPSA) is 21.3 Å². The predicted octanol–water partition coefficient (Wildman–Crippen LogP) is 4.26. The number of hydrogen-bond donors (Lipinski definition) is 1. The molecule has 1 unspecified atom stereocenters. The molecule has 1 fully saturated rings. The van der Waals surface area contributed by atoms with Gasteiger partial charge in [0.1, 0.15) is 0 Å². The van der Waals surface area contributed by atoms with Gasteiger partial charge in [0.2, 0.25) is 0 Å². The second kappa shape index (κ2) is 6.04. The van der Waals surface area contributed by atoms with Crippen LogP contribution in [-0.2, 0) is 11.3 Å². The largest absolute Gasteiger partial charge is 0.375 e. The number of hydrogen-bond acceptors (Lipinski definition) is 2. The van der Waals surface area contributed by atoms with Crippen molar-refractivity contribution in [1.82, 2.24) is 5.32 Å². The Kier molecular flexibility index (Phi) is 4.86. The molecule has 0 spiro atoms. The van der Waals surface area contributed by atoms with E-state index in [2.05, 4.69) is 69.2 Å². The molecular formula is C14H19Br2NO. The number of nitrogens with one attached hydrogen (secondary N) is 1. The number of benzene rings is 1. The Morgan fingerprint density at radius 1 is 1.33 bits per heavy atom. The highest BCUT2D eigenvalue weighted by Crippen LogP contribution is 2.26. The lowest BCUT2D eigenvalue weighted by molar-refractivity contribution is -0.0630. The van der Waals surface area contributed by atoms with E-state index in [1.54, 1.807) is 0 Å². The molecule has 1 aromatic carbocycles. The highest BCUT2D eigenvalue weighted by Gasteiger charge is 2.28. The van der Waals surface area contributed by atoms with Gasteiger partial charge in [-0.25, -0.2) is 0 Å². The molecule has 100 valence electrons. The number of ether oxygens (including phenoxy) is 1. The van der Waals surface area contributed by atoms with Crippen molar-refractivity contribution in [2.75, 3.05) is 6.61 Å². The third-order valence-corrected chi connectivity index (χ3v) is 5.16. The maximum atomic E-state index is 5.73. The Morgan fingerprint density at radius 3 is 2.78 bits per heavy atom. The molecule has 1 saturated heterocycles. The Morgan fingerprint density at radius 2 is 2.11 bits per heavy atom. The predicted molar refractivity (Wildman–Crippen MR) is 81.7 cm³/mol. The summed E-state index contributed by atoms with van der Waals surface area (Å²) in [4.78, 5) is 0. The molecule has 0 amide bonds. The quantitative estimate of drug-likeness (QED) is 0.850. The van der Waals surface area contributed by atoms with E-state index in [0.717, 1.165) is 34.9 Å². The standard InChI is InChI=1S/C14H19Br2NO/c1-14(2)8-11(5-6-18-14)17-9-10-3-4-12(15)13(16)7-10/h3-4,7,11,17H,5-6,8-9H2,1-2H3. The SMILES string of the molecule is CC1(C)CC(NCc2ccc(Br)c(Br)c2)CCO1. The molecule has 1 atom stereocenters. The first-order valence-electron chi connectivity index (χ1n) is 6.27. The molecule has 2 nitrogen and oxygen atoms in total. The van der Waals surface area contributed by atoms with Crippen LogP contribution in [0.4, 0.5) is 0 Å². The minimum absolute atomic E-state index is 0.0101. The first-order valence-corrected chi connectivity index (χ1v) is 7.86. The van der Waals surface area contributed by atoms with Gasteiger partial charge >= 0.3 is 0 Å². The molecule has 1 heterocycles. The first kappa shape index (κ1) is 14.5. The lowest BCUT2D eigenvalue weighted by Gasteiger charge is -2.36. The smallest absolute Gasteiger partial charge is 0.0641 e. The molecule has 4 heteroatoms. The van der Waals surface area contributed by atoms with Crippen LogP contribution in [0.25, 0.3) is 0 Å². The van der Waals surface area contributed by atoms with Crippen LogP contribution in [0.15, 0.2) is 27.1 Å².